The second-order valence-corrected chi connectivity index (χ2v) is 4.83. The molecule has 7 heteroatoms. The highest BCUT2D eigenvalue weighted by Crippen LogP contribution is 2.25. The molecule has 7 nitrogen and oxygen atoms in total. The summed E-state index contributed by atoms with van der Waals surface area (Å²) < 4.78 is 0. The third-order valence-corrected chi connectivity index (χ3v) is 2.64. The second kappa shape index (κ2) is 6.63. The van der Waals surface area contributed by atoms with E-state index in [1.165, 1.54) is 12.1 Å². The highest BCUT2D eigenvalue weighted by molar-refractivity contribution is 5.96. The van der Waals surface area contributed by atoms with Crippen molar-refractivity contribution in [2.45, 2.75) is 26.3 Å². The number of hydrogen-bond donors (Lipinski definition) is 2. The molecule has 0 aromatic heterocycles. The predicted molar refractivity (Wildman–Crippen MR) is 73.9 cm³/mol. The van der Waals surface area contributed by atoms with Crippen molar-refractivity contribution in [1.29, 1.82) is 5.26 Å². The van der Waals surface area contributed by atoms with Gasteiger partial charge in [0.15, 0.2) is 0 Å². The van der Waals surface area contributed by atoms with Crippen LogP contribution in [-0.4, -0.2) is 16.9 Å². The van der Waals surface area contributed by atoms with Gasteiger partial charge in [-0.3, -0.25) is 14.9 Å². The summed E-state index contributed by atoms with van der Waals surface area (Å²) in [5.74, 6) is -0.238. The molecule has 1 atom stereocenters. The summed E-state index contributed by atoms with van der Waals surface area (Å²) in [6, 6.07) is 4.92. The number of nitro groups is 1. The Balaban J connectivity index is 2.95. The Morgan fingerprint density at radius 3 is 2.70 bits per heavy atom. The lowest BCUT2D eigenvalue weighted by Gasteiger charge is -2.14. The van der Waals surface area contributed by atoms with Crippen molar-refractivity contribution < 1.29 is 9.72 Å². The largest absolute Gasteiger partial charge is 0.320 e. The van der Waals surface area contributed by atoms with Crippen LogP contribution in [0.3, 0.4) is 0 Å². The van der Waals surface area contributed by atoms with E-state index in [0.29, 0.717) is 6.42 Å². The number of nitriles is 1. The lowest BCUT2D eigenvalue weighted by Crippen LogP contribution is -2.36. The summed E-state index contributed by atoms with van der Waals surface area (Å²) in [7, 11) is 0. The first-order valence-corrected chi connectivity index (χ1v) is 6.10. The summed E-state index contributed by atoms with van der Waals surface area (Å²) in [6.07, 6.45) is 0.482. The first-order chi connectivity index (χ1) is 9.35. The predicted octanol–water partition coefficient (Wildman–Crippen LogP) is 1.78. The van der Waals surface area contributed by atoms with E-state index in [1.54, 1.807) is 0 Å². The van der Waals surface area contributed by atoms with E-state index in [4.69, 9.17) is 11.0 Å². The molecule has 106 valence electrons. The van der Waals surface area contributed by atoms with Crippen molar-refractivity contribution in [2.75, 3.05) is 5.32 Å². The molecule has 1 aromatic rings. The average Bonchev–Trinajstić information content (AvgIpc) is 2.37. The lowest BCUT2D eigenvalue weighted by molar-refractivity contribution is -0.383. The van der Waals surface area contributed by atoms with Crippen molar-refractivity contribution in [3.63, 3.8) is 0 Å². The van der Waals surface area contributed by atoms with Gasteiger partial charge in [-0.05, 0) is 24.5 Å². The standard InChI is InChI=1S/C13H16N4O3/c1-8(2)5-10(15)13(18)16-11-4-3-9(7-14)6-12(11)17(19)20/h3-4,6,8,10H,5,15H2,1-2H3,(H,16,18)/t10-/m1/s1. The minimum Gasteiger partial charge on any atom is -0.320 e. The number of rotatable bonds is 5. The van der Waals surface area contributed by atoms with E-state index in [0.717, 1.165) is 6.07 Å². The molecular weight excluding hydrogens is 260 g/mol. The quantitative estimate of drug-likeness (QED) is 0.627. The maximum atomic E-state index is 11.9. The van der Waals surface area contributed by atoms with Crippen LogP contribution in [-0.2, 0) is 4.79 Å². The van der Waals surface area contributed by atoms with Crippen LogP contribution in [0.4, 0.5) is 11.4 Å². The third-order valence-electron chi connectivity index (χ3n) is 2.64. The second-order valence-electron chi connectivity index (χ2n) is 4.83. The monoisotopic (exact) mass is 276 g/mol. The number of amides is 1. The Morgan fingerprint density at radius 2 is 2.20 bits per heavy atom. The smallest absolute Gasteiger partial charge is 0.294 e. The Labute approximate surface area is 116 Å². The Bertz CT molecular complexity index is 563. The minimum atomic E-state index is -0.731. The van der Waals surface area contributed by atoms with Crippen LogP contribution in [0.15, 0.2) is 18.2 Å². The summed E-state index contributed by atoms with van der Waals surface area (Å²) in [6.45, 7) is 3.86. The fraction of sp³-hybridized carbons (Fsp3) is 0.385. The molecule has 20 heavy (non-hydrogen) atoms. The number of hydrogen-bond acceptors (Lipinski definition) is 5. The SMILES string of the molecule is CC(C)C[C@@H](N)C(=O)Nc1ccc(C#N)cc1[N+](=O)[O-]. The van der Waals surface area contributed by atoms with Crippen LogP contribution in [0.1, 0.15) is 25.8 Å². The lowest BCUT2D eigenvalue weighted by atomic mass is 10.0. The van der Waals surface area contributed by atoms with Crippen molar-refractivity contribution in [3.8, 4) is 6.07 Å². The number of carbonyl (C=O) groups excluding carboxylic acids is 1. The fourth-order valence-corrected chi connectivity index (χ4v) is 1.70. The zero-order valence-electron chi connectivity index (χ0n) is 11.3. The molecule has 1 rings (SSSR count). The minimum absolute atomic E-state index is 0.0400. The van der Waals surface area contributed by atoms with Crippen LogP contribution in [0.2, 0.25) is 0 Å². The molecule has 0 heterocycles. The summed E-state index contributed by atoms with van der Waals surface area (Å²) in [5, 5.41) is 22.1. The summed E-state index contributed by atoms with van der Waals surface area (Å²) >= 11 is 0. The Morgan fingerprint density at radius 1 is 1.55 bits per heavy atom. The van der Waals surface area contributed by atoms with Gasteiger partial charge in [0.2, 0.25) is 5.91 Å². The summed E-state index contributed by atoms with van der Waals surface area (Å²) in [4.78, 5) is 22.1. The number of nitrogens with two attached hydrogens (primary N) is 1. The molecule has 0 unspecified atom stereocenters. The van der Waals surface area contributed by atoms with Crippen molar-refractivity contribution in [3.05, 3.63) is 33.9 Å². The molecule has 1 amide bonds. The Kier molecular flexibility index (Phi) is 5.17. The first kappa shape index (κ1) is 15.6. The number of anilines is 1. The molecule has 3 N–H and O–H groups in total. The molecule has 0 aliphatic rings. The number of nitrogens with zero attached hydrogens (tertiary/aromatic N) is 2. The van der Waals surface area contributed by atoms with Gasteiger partial charge in [0, 0.05) is 6.07 Å². The number of carbonyl (C=O) groups is 1. The molecule has 0 bridgehead atoms. The highest BCUT2D eigenvalue weighted by atomic mass is 16.6. The van der Waals surface area contributed by atoms with Gasteiger partial charge in [-0.2, -0.15) is 5.26 Å². The van der Waals surface area contributed by atoms with E-state index in [1.807, 2.05) is 19.9 Å². The third kappa shape index (κ3) is 4.03. The summed E-state index contributed by atoms with van der Waals surface area (Å²) in [5.41, 5.74) is 5.58. The van der Waals surface area contributed by atoms with Crippen molar-refractivity contribution in [1.82, 2.24) is 0 Å². The van der Waals surface area contributed by atoms with E-state index >= 15 is 0 Å². The molecule has 0 aliphatic carbocycles. The van der Waals surface area contributed by atoms with Crippen molar-refractivity contribution >= 4 is 17.3 Å². The van der Waals surface area contributed by atoms with E-state index in [-0.39, 0.29) is 22.9 Å². The van der Waals surface area contributed by atoms with Gasteiger partial charge in [0.1, 0.15) is 5.69 Å². The molecule has 0 fully saturated rings. The maximum absolute atomic E-state index is 11.9. The Hall–Kier alpha value is -2.46. The normalized spacial score (nSPS) is 11.8. The van der Waals surface area contributed by atoms with Gasteiger partial charge >= 0.3 is 0 Å². The van der Waals surface area contributed by atoms with E-state index < -0.39 is 16.9 Å². The highest BCUT2D eigenvalue weighted by Gasteiger charge is 2.20. The van der Waals surface area contributed by atoms with Gasteiger partial charge in [0.05, 0.1) is 22.6 Å². The van der Waals surface area contributed by atoms with Crippen LogP contribution in [0.5, 0.6) is 0 Å². The van der Waals surface area contributed by atoms with E-state index in [2.05, 4.69) is 5.32 Å². The zero-order valence-corrected chi connectivity index (χ0v) is 11.3. The van der Waals surface area contributed by atoms with Gasteiger partial charge < -0.3 is 11.1 Å². The number of nitro benzene ring substituents is 1. The topological polar surface area (TPSA) is 122 Å². The van der Waals surface area contributed by atoms with Crippen LogP contribution in [0.25, 0.3) is 0 Å². The van der Waals surface area contributed by atoms with Gasteiger partial charge in [-0.25, -0.2) is 0 Å². The molecular formula is C13H16N4O3. The molecule has 0 spiro atoms. The number of benzene rings is 1. The van der Waals surface area contributed by atoms with Gasteiger partial charge in [-0.1, -0.05) is 13.8 Å². The van der Waals surface area contributed by atoms with Crippen LogP contribution < -0.4 is 11.1 Å². The first-order valence-electron chi connectivity index (χ1n) is 6.10. The molecule has 1 aromatic carbocycles. The maximum Gasteiger partial charge on any atom is 0.294 e. The molecule has 0 saturated carbocycles. The average molecular weight is 276 g/mol. The van der Waals surface area contributed by atoms with Gasteiger partial charge in [0.25, 0.3) is 5.69 Å². The van der Waals surface area contributed by atoms with Gasteiger partial charge in [-0.15, -0.1) is 0 Å². The number of nitrogens with one attached hydrogen (secondary N) is 1. The van der Waals surface area contributed by atoms with Crippen LogP contribution in [0, 0.1) is 27.4 Å². The van der Waals surface area contributed by atoms with E-state index in [9.17, 15) is 14.9 Å². The van der Waals surface area contributed by atoms with Crippen LogP contribution >= 0.6 is 0 Å². The molecule has 0 saturated heterocycles. The molecule has 0 radical (unpaired) electrons. The van der Waals surface area contributed by atoms with Crippen molar-refractivity contribution in [2.24, 2.45) is 11.7 Å². The fourth-order valence-electron chi connectivity index (χ4n) is 1.70. The molecule has 0 aliphatic heterocycles. The zero-order chi connectivity index (χ0) is 15.3.